The molecule has 0 unspecified atom stereocenters. The van der Waals surface area contributed by atoms with E-state index in [0.29, 0.717) is 13.1 Å². The number of amides is 1. The second kappa shape index (κ2) is 8.49. The van der Waals surface area contributed by atoms with Crippen LogP contribution in [0.1, 0.15) is 43.2 Å². The Morgan fingerprint density at radius 3 is 2.62 bits per heavy atom. The number of aromatic nitrogens is 2. The van der Waals surface area contributed by atoms with Crippen molar-refractivity contribution >= 4 is 15.7 Å². The van der Waals surface area contributed by atoms with Crippen LogP contribution in [0.5, 0.6) is 0 Å². The Hall–Kier alpha value is -2.15. The highest BCUT2D eigenvalue weighted by atomic mass is 32.2. The van der Waals surface area contributed by atoms with Gasteiger partial charge in [0.15, 0.2) is 9.84 Å². The van der Waals surface area contributed by atoms with Crippen LogP contribution >= 0.6 is 0 Å². The van der Waals surface area contributed by atoms with E-state index in [1.807, 2.05) is 35.0 Å². The molecule has 0 saturated heterocycles. The van der Waals surface area contributed by atoms with Crippen molar-refractivity contribution in [3.05, 3.63) is 54.1 Å². The molecule has 26 heavy (non-hydrogen) atoms. The van der Waals surface area contributed by atoms with E-state index in [0.717, 1.165) is 36.8 Å². The molecule has 0 spiro atoms. The first kappa shape index (κ1) is 18.6. The average Bonchev–Trinajstić information content (AvgIpc) is 3.33. The van der Waals surface area contributed by atoms with E-state index in [1.165, 1.54) is 0 Å². The number of nitrogens with one attached hydrogen (secondary N) is 1. The van der Waals surface area contributed by atoms with Crippen molar-refractivity contribution < 1.29 is 13.2 Å². The number of rotatable bonds is 8. The third kappa shape index (κ3) is 4.94. The van der Waals surface area contributed by atoms with Crippen molar-refractivity contribution in [1.82, 2.24) is 14.9 Å². The van der Waals surface area contributed by atoms with Gasteiger partial charge in [0, 0.05) is 31.9 Å². The van der Waals surface area contributed by atoms with Gasteiger partial charge in [-0.15, -0.1) is 0 Å². The second-order valence-electron chi connectivity index (χ2n) is 6.80. The van der Waals surface area contributed by atoms with Crippen molar-refractivity contribution in [3.8, 4) is 0 Å². The SMILES string of the molecule is O=C(CCS(=O)(=O)C1CCCC1)NCc1ccccc1Cn1ccnc1. The molecule has 140 valence electrons. The Morgan fingerprint density at radius 2 is 1.92 bits per heavy atom. The van der Waals surface area contributed by atoms with E-state index in [-0.39, 0.29) is 23.3 Å². The van der Waals surface area contributed by atoms with Gasteiger partial charge < -0.3 is 9.88 Å². The molecule has 3 rings (SSSR count). The first-order valence-electron chi connectivity index (χ1n) is 9.05. The fraction of sp³-hybridized carbons (Fsp3) is 0.474. The maximum atomic E-state index is 12.3. The van der Waals surface area contributed by atoms with E-state index in [2.05, 4.69) is 10.3 Å². The van der Waals surface area contributed by atoms with Crippen LogP contribution in [0, 0.1) is 0 Å². The monoisotopic (exact) mass is 375 g/mol. The van der Waals surface area contributed by atoms with Crippen LogP contribution in [-0.2, 0) is 27.7 Å². The number of hydrogen-bond acceptors (Lipinski definition) is 4. The standard InChI is InChI=1S/C19H25N3O3S/c23-19(9-12-26(24,25)18-7-3-4-8-18)21-13-16-5-1-2-6-17(16)14-22-11-10-20-15-22/h1-2,5-6,10-11,15,18H,3-4,7-9,12-14H2,(H,21,23). The zero-order chi connectivity index (χ0) is 18.4. The van der Waals surface area contributed by atoms with Gasteiger partial charge in [0.25, 0.3) is 0 Å². The lowest BCUT2D eigenvalue weighted by atomic mass is 10.1. The molecule has 1 aliphatic carbocycles. The summed E-state index contributed by atoms with van der Waals surface area (Å²) >= 11 is 0. The molecule has 2 aromatic rings. The molecule has 7 heteroatoms. The molecule has 0 atom stereocenters. The van der Waals surface area contributed by atoms with Crippen LogP contribution in [0.25, 0.3) is 0 Å². The maximum absolute atomic E-state index is 12.3. The summed E-state index contributed by atoms with van der Waals surface area (Å²) in [5, 5.41) is 2.61. The van der Waals surface area contributed by atoms with Crippen LogP contribution in [0.3, 0.4) is 0 Å². The topological polar surface area (TPSA) is 81.1 Å². The average molecular weight is 375 g/mol. The number of carbonyl (C=O) groups excluding carboxylic acids is 1. The highest BCUT2D eigenvalue weighted by Crippen LogP contribution is 2.25. The molecule has 1 aromatic carbocycles. The minimum atomic E-state index is -3.15. The normalized spacial score (nSPS) is 15.2. The van der Waals surface area contributed by atoms with Gasteiger partial charge in [-0.1, -0.05) is 37.1 Å². The zero-order valence-electron chi connectivity index (χ0n) is 14.8. The van der Waals surface area contributed by atoms with Gasteiger partial charge in [0.2, 0.25) is 5.91 Å². The Morgan fingerprint density at radius 1 is 1.19 bits per heavy atom. The van der Waals surface area contributed by atoms with Gasteiger partial charge in [-0.2, -0.15) is 0 Å². The van der Waals surface area contributed by atoms with Gasteiger partial charge in [-0.3, -0.25) is 4.79 Å². The molecule has 1 N–H and O–H groups in total. The van der Waals surface area contributed by atoms with Crippen molar-refractivity contribution in [1.29, 1.82) is 0 Å². The summed E-state index contributed by atoms with van der Waals surface area (Å²) in [6, 6.07) is 7.89. The second-order valence-corrected chi connectivity index (χ2v) is 9.20. The van der Waals surface area contributed by atoms with E-state index in [4.69, 9.17) is 0 Å². The molecule has 1 heterocycles. The van der Waals surface area contributed by atoms with Crippen LogP contribution < -0.4 is 5.32 Å². The summed E-state index contributed by atoms with van der Waals surface area (Å²) in [5.74, 6) is -0.274. The van der Waals surface area contributed by atoms with E-state index in [1.54, 1.807) is 12.5 Å². The third-order valence-electron chi connectivity index (χ3n) is 4.93. The molecular weight excluding hydrogens is 350 g/mol. The van der Waals surface area contributed by atoms with Crippen molar-refractivity contribution in [2.75, 3.05) is 5.75 Å². The Labute approximate surface area is 154 Å². The first-order valence-corrected chi connectivity index (χ1v) is 10.8. The van der Waals surface area contributed by atoms with Crippen LogP contribution in [-0.4, -0.2) is 34.9 Å². The van der Waals surface area contributed by atoms with Crippen molar-refractivity contribution in [2.45, 2.75) is 50.4 Å². The lowest BCUT2D eigenvalue weighted by Crippen LogP contribution is -2.28. The minimum absolute atomic E-state index is 0.0303. The van der Waals surface area contributed by atoms with Gasteiger partial charge in [0.05, 0.1) is 17.3 Å². The maximum Gasteiger partial charge on any atom is 0.221 e. The lowest BCUT2D eigenvalue weighted by Gasteiger charge is -2.13. The fourth-order valence-electron chi connectivity index (χ4n) is 3.39. The molecule has 1 aliphatic rings. The third-order valence-corrected chi connectivity index (χ3v) is 7.19. The molecule has 0 aliphatic heterocycles. The molecule has 0 bridgehead atoms. The van der Waals surface area contributed by atoms with Crippen molar-refractivity contribution in [3.63, 3.8) is 0 Å². The summed E-state index contributed by atoms with van der Waals surface area (Å²) in [6.07, 6.45) is 8.84. The van der Waals surface area contributed by atoms with Gasteiger partial charge in [-0.05, 0) is 24.0 Å². The Bertz CT molecular complexity index is 825. The highest BCUT2D eigenvalue weighted by Gasteiger charge is 2.28. The summed E-state index contributed by atoms with van der Waals surface area (Å²) in [4.78, 5) is 16.2. The molecule has 1 saturated carbocycles. The summed E-state index contributed by atoms with van der Waals surface area (Å²) in [6.45, 7) is 1.08. The smallest absolute Gasteiger partial charge is 0.221 e. The number of carbonyl (C=O) groups is 1. The predicted octanol–water partition coefficient (Wildman–Crippen LogP) is 2.30. The van der Waals surface area contributed by atoms with E-state index in [9.17, 15) is 13.2 Å². The largest absolute Gasteiger partial charge is 0.352 e. The predicted molar refractivity (Wildman–Crippen MR) is 100 cm³/mol. The molecule has 1 aromatic heterocycles. The first-order chi connectivity index (χ1) is 12.5. The minimum Gasteiger partial charge on any atom is -0.352 e. The van der Waals surface area contributed by atoms with Gasteiger partial charge >= 0.3 is 0 Å². The van der Waals surface area contributed by atoms with Crippen molar-refractivity contribution in [2.24, 2.45) is 0 Å². The van der Waals surface area contributed by atoms with Crippen LogP contribution in [0.4, 0.5) is 0 Å². The zero-order valence-corrected chi connectivity index (χ0v) is 15.6. The van der Waals surface area contributed by atoms with Crippen LogP contribution in [0.15, 0.2) is 43.0 Å². The molecule has 6 nitrogen and oxygen atoms in total. The number of nitrogens with zero attached hydrogens (tertiary/aromatic N) is 2. The molecule has 0 radical (unpaired) electrons. The highest BCUT2D eigenvalue weighted by molar-refractivity contribution is 7.92. The Balaban J connectivity index is 1.51. The number of sulfone groups is 1. The quantitative estimate of drug-likeness (QED) is 0.768. The summed E-state index contributed by atoms with van der Waals surface area (Å²) in [7, 11) is -3.15. The van der Waals surface area contributed by atoms with E-state index >= 15 is 0 Å². The Kier molecular flexibility index (Phi) is 6.08. The van der Waals surface area contributed by atoms with Crippen LogP contribution in [0.2, 0.25) is 0 Å². The number of hydrogen-bond donors (Lipinski definition) is 1. The summed E-state index contributed by atoms with van der Waals surface area (Å²) < 4.78 is 26.5. The molecular formula is C19H25N3O3S. The van der Waals surface area contributed by atoms with Gasteiger partial charge in [-0.25, -0.2) is 13.4 Å². The molecule has 1 amide bonds. The number of benzene rings is 1. The fourth-order valence-corrected chi connectivity index (χ4v) is 5.25. The lowest BCUT2D eigenvalue weighted by molar-refractivity contribution is -0.120. The molecule has 1 fully saturated rings. The summed E-state index contributed by atoms with van der Waals surface area (Å²) in [5.41, 5.74) is 2.12. The van der Waals surface area contributed by atoms with Gasteiger partial charge in [0.1, 0.15) is 0 Å². The van der Waals surface area contributed by atoms with E-state index < -0.39 is 9.84 Å². The number of imidazole rings is 1.